The van der Waals surface area contributed by atoms with Gasteiger partial charge in [0.25, 0.3) is 5.56 Å². The number of benzene rings is 2. The largest absolute Gasteiger partial charge is 0.493 e. The molecule has 0 saturated carbocycles. The van der Waals surface area contributed by atoms with E-state index in [0.717, 1.165) is 5.56 Å². The predicted molar refractivity (Wildman–Crippen MR) is 156 cm³/mol. The molecule has 0 spiro atoms. The Morgan fingerprint density at radius 2 is 1.95 bits per heavy atom. The van der Waals surface area contributed by atoms with E-state index < -0.39 is 18.0 Å². The highest BCUT2D eigenvalue weighted by Crippen LogP contribution is 2.36. The Kier molecular flexibility index (Phi) is 9.24. The van der Waals surface area contributed by atoms with Crippen molar-refractivity contribution in [3.8, 4) is 17.2 Å². The van der Waals surface area contributed by atoms with Crippen LogP contribution in [0.4, 0.5) is 0 Å². The first-order chi connectivity index (χ1) is 19.6. The van der Waals surface area contributed by atoms with Gasteiger partial charge in [-0.15, -0.1) is 0 Å². The van der Waals surface area contributed by atoms with Crippen LogP contribution in [0.1, 0.15) is 44.9 Å². The van der Waals surface area contributed by atoms with Crippen LogP contribution < -0.4 is 29.1 Å². The molecule has 2 heterocycles. The number of fused-ring (bicyclic) bond motifs is 1. The van der Waals surface area contributed by atoms with Crippen LogP contribution in [0.5, 0.6) is 17.2 Å². The van der Waals surface area contributed by atoms with Gasteiger partial charge in [0, 0.05) is 6.92 Å². The zero-order valence-corrected chi connectivity index (χ0v) is 24.4. The second kappa shape index (κ2) is 12.8. The molecule has 1 aromatic heterocycles. The molecule has 3 aromatic rings. The van der Waals surface area contributed by atoms with Crippen LogP contribution in [0.15, 0.2) is 76.2 Å². The van der Waals surface area contributed by atoms with Gasteiger partial charge >= 0.3 is 11.9 Å². The van der Waals surface area contributed by atoms with E-state index in [2.05, 4.69) is 11.6 Å². The average Bonchev–Trinajstić information content (AvgIpc) is 3.23. The van der Waals surface area contributed by atoms with Crippen LogP contribution in [0.25, 0.3) is 6.08 Å². The first-order valence-electron chi connectivity index (χ1n) is 13.0. The summed E-state index contributed by atoms with van der Waals surface area (Å²) in [5.74, 6) is 0.204. The van der Waals surface area contributed by atoms with E-state index in [1.807, 2.05) is 38.1 Å². The van der Waals surface area contributed by atoms with Crippen molar-refractivity contribution < 1.29 is 28.5 Å². The summed E-state index contributed by atoms with van der Waals surface area (Å²) in [7, 11) is 1.45. The number of thiazole rings is 1. The predicted octanol–water partition coefficient (Wildman–Crippen LogP) is 3.93. The van der Waals surface area contributed by atoms with E-state index in [4.69, 9.17) is 18.9 Å². The standard InChI is InChI=1S/C31H32N2O7S/c1-7-13-38-23-10-8-9-21(14-23)15-26-29(35)33-28(22-11-12-24(40-20(5)34)25(16-22)37-6)27(19(4)32-31(33)41-26)30(36)39-17-18(2)3/h7-12,14-16,18,28H,1,13,17H2,2-6H3/b26-15+/t28-/m1/s1. The first-order valence-corrected chi connectivity index (χ1v) is 13.8. The molecular weight excluding hydrogens is 544 g/mol. The van der Waals surface area contributed by atoms with E-state index in [9.17, 15) is 14.4 Å². The molecule has 1 atom stereocenters. The Morgan fingerprint density at radius 3 is 2.63 bits per heavy atom. The Morgan fingerprint density at radius 1 is 1.17 bits per heavy atom. The number of rotatable bonds is 10. The van der Waals surface area contributed by atoms with Gasteiger partial charge in [0.15, 0.2) is 16.3 Å². The molecule has 9 nitrogen and oxygen atoms in total. The molecule has 41 heavy (non-hydrogen) atoms. The zero-order chi connectivity index (χ0) is 29.7. The summed E-state index contributed by atoms with van der Waals surface area (Å²) in [6, 6.07) is 11.4. The van der Waals surface area contributed by atoms with E-state index in [1.54, 1.807) is 37.3 Å². The number of carbonyl (C=O) groups excluding carboxylic acids is 2. The lowest BCUT2D eigenvalue weighted by atomic mass is 9.95. The van der Waals surface area contributed by atoms with E-state index in [0.29, 0.717) is 33.0 Å². The normalized spacial score (nSPS) is 14.8. The Bertz CT molecular complexity index is 1700. The van der Waals surface area contributed by atoms with Gasteiger partial charge in [0.1, 0.15) is 12.4 Å². The van der Waals surface area contributed by atoms with Gasteiger partial charge in [-0.05, 0) is 54.3 Å². The summed E-state index contributed by atoms with van der Waals surface area (Å²) >= 11 is 1.22. The van der Waals surface area contributed by atoms with E-state index in [1.165, 1.54) is 29.9 Å². The Hall–Kier alpha value is -4.44. The van der Waals surface area contributed by atoms with Crippen molar-refractivity contribution in [1.82, 2.24) is 4.57 Å². The molecule has 1 aliphatic rings. The lowest BCUT2D eigenvalue weighted by Crippen LogP contribution is -2.40. The molecule has 2 aromatic carbocycles. The second-order valence-electron chi connectivity index (χ2n) is 9.75. The molecule has 0 aliphatic carbocycles. The molecule has 0 bridgehead atoms. The number of allylic oxidation sites excluding steroid dienone is 1. The van der Waals surface area contributed by atoms with E-state index in [-0.39, 0.29) is 35.2 Å². The molecule has 0 amide bonds. The summed E-state index contributed by atoms with van der Waals surface area (Å²) in [6.07, 6.45) is 3.42. The number of esters is 2. The minimum atomic E-state index is -0.851. The first kappa shape index (κ1) is 29.5. The van der Waals surface area contributed by atoms with E-state index >= 15 is 0 Å². The van der Waals surface area contributed by atoms with Gasteiger partial charge < -0.3 is 18.9 Å². The Balaban J connectivity index is 1.89. The van der Waals surface area contributed by atoms with Crippen molar-refractivity contribution in [3.63, 3.8) is 0 Å². The molecule has 1 aliphatic heterocycles. The number of ether oxygens (including phenoxy) is 4. The second-order valence-corrected chi connectivity index (χ2v) is 10.8. The fourth-order valence-electron chi connectivity index (χ4n) is 4.31. The molecular formula is C31H32N2O7S. The van der Waals surface area contributed by atoms with Gasteiger partial charge in [0.2, 0.25) is 0 Å². The van der Waals surface area contributed by atoms with Crippen molar-refractivity contribution in [2.45, 2.75) is 33.7 Å². The molecule has 4 rings (SSSR count). The summed E-state index contributed by atoms with van der Waals surface area (Å²) < 4.78 is 23.9. The van der Waals surface area contributed by atoms with Gasteiger partial charge in [-0.25, -0.2) is 9.79 Å². The molecule has 0 saturated heterocycles. The number of carbonyl (C=O) groups is 2. The molecule has 0 radical (unpaired) electrons. The molecule has 10 heteroatoms. The number of aromatic nitrogens is 1. The summed E-state index contributed by atoms with van der Waals surface area (Å²) in [6.45, 7) is 11.1. The lowest BCUT2D eigenvalue weighted by Gasteiger charge is -2.25. The zero-order valence-electron chi connectivity index (χ0n) is 23.6. The molecule has 0 fully saturated rings. The number of hydrogen-bond donors (Lipinski definition) is 0. The fraction of sp³-hybridized carbons (Fsp3) is 0.290. The SMILES string of the molecule is C=CCOc1cccc(/C=c2/sc3n(c2=O)[C@H](c2ccc(OC(C)=O)c(OC)c2)C(C(=O)OCC(C)C)=C(C)N=3)c1. The summed E-state index contributed by atoms with van der Waals surface area (Å²) in [5, 5.41) is 0. The van der Waals surface area contributed by atoms with Crippen LogP contribution in [-0.4, -0.2) is 36.8 Å². The van der Waals surface area contributed by atoms with Crippen molar-refractivity contribution in [3.05, 3.63) is 97.2 Å². The third kappa shape index (κ3) is 6.66. The fourth-order valence-corrected chi connectivity index (χ4v) is 5.36. The van der Waals surface area contributed by atoms with Gasteiger partial charge in [0.05, 0.1) is 35.6 Å². The highest BCUT2D eigenvalue weighted by Gasteiger charge is 2.34. The molecule has 214 valence electrons. The van der Waals surface area contributed by atoms with Crippen LogP contribution in [-0.2, 0) is 14.3 Å². The highest BCUT2D eigenvalue weighted by molar-refractivity contribution is 7.07. The van der Waals surface area contributed by atoms with Gasteiger partial charge in [-0.2, -0.15) is 0 Å². The van der Waals surface area contributed by atoms with Crippen LogP contribution in [0.2, 0.25) is 0 Å². The molecule has 0 N–H and O–H groups in total. The quantitative estimate of drug-likeness (QED) is 0.205. The van der Waals surface area contributed by atoms with Gasteiger partial charge in [-0.3, -0.25) is 14.2 Å². The van der Waals surface area contributed by atoms with Crippen LogP contribution in [0, 0.1) is 5.92 Å². The minimum Gasteiger partial charge on any atom is -0.493 e. The third-order valence-corrected chi connectivity index (χ3v) is 7.05. The van der Waals surface area contributed by atoms with Crippen molar-refractivity contribution in [2.24, 2.45) is 10.9 Å². The maximum Gasteiger partial charge on any atom is 0.338 e. The third-order valence-electron chi connectivity index (χ3n) is 6.07. The summed E-state index contributed by atoms with van der Waals surface area (Å²) in [4.78, 5) is 44.0. The number of nitrogens with zero attached hydrogens (tertiary/aromatic N) is 2. The topological polar surface area (TPSA) is 105 Å². The number of hydrogen-bond acceptors (Lipinski definition) is 9. The summed E-state index contributed by atoms with van der Waals surface area (Å²) in [5.41, 5.74) is 1.70. The van der Waals surface area contributed by atoms with Crippen molar-refractivity contribution in [1.29, 1.82) is 0 Å². The lowest BCUT2D eigenvalue weighted by molar-refractivity contribution is -0.140. The maximum atomic E-state index is 13.9. The van der Waals surface area contributed by atoms with Crippen molar-refractivity contribution >= 4 is 29.4 Å². The smallest absolute Gasteiger partial charge is 0.338 e. The highest BCUT2D eigenvalue weighted by atomic mass is 32.1. The van der Waals surface area contributed by atoms with Crippen LogP contribution in [0.3, 0.4) is 0 Å². The van der Waals surface area contributed by atoms with Crippen molar-refractivity contribution in [2.75, 3.05) is 20.3 Å². The van der Waals surface area contributed by atoms with Crippen LogP contribution >= 0.6 is 11.3 Å². The monoisotopic (exact) mass is 576 g/mol. The van der Waals surface area contributed by atoms with Gasteiger partial charge in [-0.1, -0.05) is 56.0 Å². The Labute approximate surface area is 241 Å². The maximum absolute atomic E-state index is 13.9. The minimum absolute atomic E-state index is 0.119. The molecule has 0 unspecified atom stereocenters. The number of methoxy groups -OCH3 is 1. The average molecular weight is 577 g/mol.